The van der Waals surface area contributed by atoms with Gasteiger partial charge in [0.1, 0.15) is 17.1 Å². The Morgan fingerprint density at radius 1 is 1.29 bits per heavy atom. The number of aromatic hydroxyl groups is 1. The van der Waals surface area contributed by atoms with E-state index in [0.717, 1.165) is 22.6 Å². The summed E-state index contributed by atoms with van der Waals surface area (Å²) < 4.78 is 1.88. The fourth-order valence-corrected chi connectivity index (χ4v) is 1.83. The molecule has 5 heteroatoms. The first kappa shape index (κ1) is 9.77. The number of nitrogens with zero attached hydrogens (tertiary/aromatic N) is 4. The molecule has 3 rings (SSSR count). The second-order valence-electron chi connectivity index (χ2n) is 3.77. The van der Waals surface area contributed by atoms with Gasteiger partial charge in [0, 0.05) is 25.0 Å². The van der Waals surface area contributed by atoms with Crippen molar-refractivity contribution in [3.63, 3.8) is 0 Å². The van der Waals surface area contributed by atoms with Crippen LogP contribution in [0.4, 0.5) is 0 Å². The Morgan fingerprint density at radius 3 is 2.94 bits per heavy atom. The number of hydrogen-bond acceptors (Lipinski definition) is 4. The molecule has 0 spiro atoms. The lowest BCUT2D eigenvalue weighted by Crippen LogP contribution is -1.93. The van der Waals surface area contributed by atoms with Crippen molar-refractivity contribution in [1.29, 1.82) is 0 Å². The van der Waals surface area contributed by atoms with Crippen LogP contribution in [0.1, 0.15) is 0 Å². The molecular weight excluding hydrogens is 216 g/mol. The number of hydrogen-bond donors (Lipinski definition) is 1. The first-order valence-corrected chi connectivity index (χ1v) is 5.17. The van der Waals surface area contributed by atoms with E-state index < -0.39 is 0 Å². The molecule has 0 aliphatic rings. The van der Waals surface area contributed by atoms with Gasteiger partial charge in [-0.05, 0) is 18.2 Å². The van der Waals surface area contributed by atoms with Crippen molar-refractivity contribution in [2.24, 2.45) is 7.05 Å². The number of aromatic nitrogens is 4. The molecule has 3 aromatic heterocycles. The average molecular weight is 226 g/mol. The maximum Gasteiger partial charge on any atom is 0.159 e. The molecule has 0 radical (unpaired) electrons. The average Bonchev–Trinajstić information content (AvgIpc) is 2.68. The van der Waals surface area contributed by atoms with Gasteiger partial charge in [-0.2, -0.15) is 0 Å². The van der Waals surface area contributed by atoms with Crippen molar-refractivity contribution >= 4 is 11.2 Å². The van der Waals surface area contributed by atoms with Crippen LogP contribution in [-0.4, -0.2) is 24.6 Å². The van der Waals surface area contributed by atoms with Gasteiger partial charge in [-0.25, -0.2) is 9.97 Å². The summed E-state index contributed by atoms with van der Waals surface area (Å²) >= 11 is 0. The van der Waals surface area contributed by atoms with Crippen LogP contribution in [0.15, 0.2) is 36.8 Å². The van der Waals surface area contributed by atoms with Crippen LogP contribution < -0.4 is 0 Å². The van der Waals surface area contributed by atoms with Crippen molar-refractivity contribution in [2.75, 3.05) is 0 Å². The van der Waals surface area contributed by atoms with Crippen LogP contribution in [-0.2, 0) is 7.05 Å². The molecule has 0 saturated carbocycles. The largest absolute Gasteiger partial charge is 0.506 e. The van der Waals surface area contributed by atoms with E-state index in [1.807, 2.05) is 23.7 Å². The normalized spacial score (nSPS) is 10.9. The van der Waals surface area contributed by atoms with Crippen LogP contribution in [0.25, 0.3) is 22.6 Å². The first-order valence-electron chi connectivity index (χ1n) is 5.17. The minimum atomic E-state index is 0.127. The van der Waals surface area contributed by atoms with Gasteiger partial charge in [-0.1, -0.05) is 0 Å². The predicted octanol–water partition coefficient (Wildman–Crippen LogP) is 1.74. The van der Waals surface area contributed by atoms with Gasteiger partial charge in [0.2, 0.25) is 0 Å². The Labute approximate surface area is 97.4 Å². The summed E-state index contributed by atoms with van der Waals surface area (Å²) in [5, 5.41) is 9.42. The molecule has 0 aromatic carbocycles. The lowest BCUT2D eigenvalue weighted by molar-refractivity contribution is 0.473. The highest BCUT2D eigenvalue weighted by Crippen LogP contribution is 2.23. The van der Waals surface area contributed by atoms with Gasteiger partial charge in [0.15, 0.2) is 5.65 Å². The molecule has 17 heavy (non-hydrogen) atoms. The highest BCUT2D eigenvalue weighted by molar-refractivity contribution is 5.76. The van der Waals surface area contributed by atoms with E-state index in [-0.39, 0.29) is 5.75 Å². The lowest BCUT2D eigenvalue weighted by Gasteiger charge is -2.01. The Kier molecular flexibility index (Phi) is 2.04. The van der Waals surface area contributed by atoms with Crippen molar-refractivity contribution < 1.29 is 5.11 Å². The summed E-state index contributed by atoms with van der Waals surface area (Å²) in [5.41, 5.74) is 2.41. The topological polar surface area (TPSA) is 63.8 Å². The number of aryl methyl sites for hydroxylation is 1. The number of imidazole rings is 1. The Hall–Kier alpha value is -2.43. The van der Waals surface area contributed by atoms with Crippen LogP contribution in [0.5, 0.6) is 5.75 Å². The van der Waals surface area contributed by atoms with Crippen LogP contribution in [0.2, 0.25) is 0 Å². The summed E-state index contributed by atoms with van der Waals surface area (Å²) in [6.07, 6.45) is 4.79. The predicted molar refractivity (Wildman–Crippen MR) is 63.4 cm³/mol. The maximum atomic E-state index is 9.42. The SMILES string of the molecule is Cn1c(-c2cncc(O)c2)nc2cccnc21. The summed E-state index contributed by atoms with van der Waals surface area (Å²) in [5.74, 6) is 0.865. The molecule has 1 N–H and O–H groups in total. The molecular formula is C12H10N4O. The van der Waals surface area contributed by atoms with Gasteiger partial charge in [0.05, 0.1) is 6.20 Å². The van der Waals surface area contributed by atoms with Gasteiger partial charge in [0.25, 0.3) is 0 Å². The van der Waals surface area contributed by atoms with E-state index in [9.17, 15) is 5.11 Å². The monoisotopic (exact) mass is 226 g/mol. The van der Waals surface area contributed by atoms with Crippen molar-refractivity contribution in [3.8, 4) is 17.1 Å². The molecule has 0 fully saturated rings. The van der Waals surface area contributed by atoms with E-state index >= 15 is 0 Å². The summed E-state index contributed by atoms with van der Waals surface area (Å²) in [6.45, 7) is 0. The van der Waals surface area contributed by atoms with Gasteiger partial charge < -0.3 is 9.67 Å². The zero-order valence-corrected chi connectivity index (χ0v) is 9.20. The van der Waals surface area contributed by atoms with E-state index in [1.54, 1.807) is 18.5 Å². The number of rotatable bonds is 1. The van der Waals surface area contributed by atoms with Crippen LogP contribution in [0, 0.1) is 0 Å². The van der Waals surface area contributed by atoms with Crippen LogP contribution in [0.3, 0.4) is 0 Å². The molecule has 0 aliphatic carbocycles. The Balaban J connectivity index is 2.27. The molecule has 0 saturated heterocycles. The summed E-state index contributed by atoms with van der Waals surface area (Å²) in [6, 6.07) is 5.39. The second kappa shape index (κ2) is 3.55. The van der Waals surface area contributed by atoms with Crippen molar-refractivity contribution in [1.82, 2.24) is 19.5 Å². The van der Waals surface area contributed by atoms with E-state index in [4.69, 9.17) is 0 Å². The minimum Gasteiger partial charge on any atom is -0.506 e. The fourth-order valence-electron chi connectivity index (χ4n) is 1.83. The van der Waals surface area contributed by atoms with Gasteiger partial charge >= 0.3 is 0 Å². The lowest BCUT2D eigenvalue weighted by atomic mass is 10.2. The summed E-state index contributed by atoms with van der Waals surface area (Å²) in [7, 11) is 1.89. The summed E-state index contributed by atoms with van der Waals surface area (Å²) in [4.78, 5) is 12.7. The quantitative estimate of drug-likeness (QED) is 0.686. The first-order chi connectivity index (χ1) is 8.25. The Bertz CT molecular complexity index is 690. The molecule has 0 amide bonds. The molecule has 3 aromatic rings. The number of pyridine rings is 2. The minimum absolute atomic E-state index is 0.127. The zero-order valence-electron chi connectivity index (χ0n) is 9.20. The van der Waals surface area contributed by atoms with E-state index in [2.05, 4.69) is 15.0 Å². The molecule has 0 unspecified atom stereocenters. The molecule has 5 nitrogen and oxygen atoms in total. The standard InChI is InChI=1S/C12H10N4O/c1-16-11(8-5-9(17)7-13-6-8)15-10-3-2-4-14-12(10)16/h2-7,17H,1H3. The highest BCUT2D eigenvalue weighted by Gasteiger charge is 2.10. The molecule has 0 bridgehead atoms. The van der Waals surface area contributed by atoms with E-state index in [1.165, 1.54) is 6.20 Å². The smallest absolute Gasteiger partial charge is 0.159 e. The van der Waals surface area contributed by atoms with E-state index in [0.29, 0.717) is 0 Å². The molecule has 84 valence electrons. The molecule has 0 aliphatic heterocycles. The highest BCUT2D eigenvalue weighted by atomic mass is 16.3. The maximum absolute atomic E-state index is 9.42. The van der Waals surface area contributed by atoms with Crippen molar-refractivity contribution in [3.05, 3.63) is 36.8 Å². The second-order valence-corrected chi connectivity index (χ2v) is 3.77. The Morgan fingerprint density at radius 2 is 2.18 bits per heavy atom. The van der Waals surface area contributed by atoms with Gasteiger partial charge in [-0.15, -0.1) is 0 Å². The molecule has 0 atom stereocenters. The fraction of sp³-hybridized carbons (Fsp3) is 0.0833. The third kappa shape index (κ3) is 1.52. The number of fused-ring (bicyclic) bond motifs is 1. The third-order valence-electron chi connectivity index (χ3n) is 2.61. The zero-order chi connectivity index (χ0) is 11.8. The van der Waals surface area contributed by atoms with Crippen molar-refractivity contribution in [2.45, 2.75) is 0 Å². The molecule has 3 heterocycles. The van der Waals surface area contributed by atoms with Crippen LogP contribution >= 0.6 is 0 Å². The third-order valence-corrected chi connectivity index (χ3v) is 2.61. The van der Waals surface area contributed by atoms with Gasteiger partial charge in [-0.3, -0.25) is 4.98 Å².